The molecule has 4 nitrogen and oxygen atoms in total. The number of nitrogens with one attached hydrogen (secondary N) is 2. The van der Waals surface area contributed by atoms with Gasteiger partial charge >= 0.3 is 0 Å². The lowest BCUT2D eigenvalue weighted by Gasteiger charge is -2.07. The van der Waals surface area contributed by atoms with E-state index in [0.717, 1.165) is 19.3 Å². The van der Waals surface area contributed by atoms with Crippen molar-refractivity contribution < 1.29 is 9.59 Å². The summed E-state index contributed by atoms with van der Waals surface area (Å²) < 4.78 is 0. The molecule has 0 unspecified atom stereocenters. The van der Waals surface area contributed by atoms with Crippen LogP contribution >= 0.6 is 0 Å². The van der Waals surface area contributed by atoms with Gasteiger partial charge in [0.2, 0.25) is 11.8 Å². The van der Waals surface area contributed by atoms with E-state index in [1.165, 1.54) is 18.1 Å². The number of hydrogen-bond donors (Lipinski definition) is 2. The van der Waals surface area contributed by atoms with Crippen molar-refractivity contribution in [3.63, 3.8) is 0 Å². The van der Waals surface area contributed by atoms with Crippen LogP contribution in [-0.4, -0.2) is 24.9 Å². The van der Waals surface area contributed by atoms with Gasteiger partial charge in [0, 0.05) is 26.4 Å². The molecule has 2 amide bonds. The monoisotopic (exact) mass is 276 g/mol. The molecule has 4 heteroatoms. The number of aryl methyl sites for hydroxylation is 2. The van der Waals surface area contributed by atoms with E-state index in [2.05, 4.69) is 29.7 Å². The molecular weight excluding hydrogens is 252 g/mol. The quantitative estimate of drug-likeness (QED) is 0.713. The molecule has 2 N–H and O–H groups in total. The van der Waals surface area contributed by atoms with Crippen molar-refractivity contribution in [1.29, 1.82) is 0 Å². The second kappa shape index (κ2) is 9.13. The van der Waals surface area contributed by atoms with E-state index in [4.69, 9.17) is 0 Å². The smallest absolute Gasteiger partial charge is 0.220 e. The highest BCUT2D eigenvalue weighted by molar-refractivity contribution is 5.75. The van der Waals surface area contributed by atoms with E-state index >= 15 is 0 Å². The second-order valence-corrected chi connectivity index (χ2v) is 4.97. The molecule has 0 spiro atoms. The number of hydrogen-bond acceptors (Lipinski definition) is 2. The summed E-state index contributed by atoms with van der Waals surface area (Å²) in [7, 11) is 0. The van der Waals surface area contributed by atoms with Gasteiger partial charge in [-0.3, -0.25) is 9.59 Å². The third-order valence-electron chi connectivity index (χ3n) is 3.16. The van der Waals surface area contributed by atoms with Crippen LogP contribution in [0, 0.1) is 6.92 Å². The molecule has 0 radical (unpaired) electrons. The zero-order chi connectivity index (χ0) is 14.8. The van der Waals surface area contributed by atoms with E-state index in [1.54, 1.807) is 0 Å². The van der Waals surface area contributed by atoms with Crippen LogP contribution in [-0.2, 0) is 16.0 Å². The maximum absolute atomic E-state index is 11.6. The summed E-state index contributed by atoms with van der Waals surface area (Å²) in [5.41, 5.74) is 2.59. The third-order valence-corrected chi connectivity index (χ3v) is 3.16. The van der Waals surface area contributed by atoms with Gasteiger partial charge in [-0.05, 0) is 37.3 Å². The van der Waals surface area contributed by atoms with Crippen molar-refractivity contribution in [2.45, 2.75) is 39.5 Å². The van der Waals surface area contributed by atoms with E-state index < -0.39 is 0 Å². The van der Waals surface area contributed by atoms with Crippen LogP contribution < -0.4 is 10.6 Å². The molecule has 1 aromatic carbocycles. The Morgan fingerprint density at radius 1 is 1.05 bits per heavy atom. The molecule has 0 aliphatic heterocycles. The molecule has 1 rings (SSSR count). The van der Waals surface area contributed by atoms with Gasteiger partial charge in [0.25, 0.3) is 0 Å². The van der Waals surface area contributed by atoms with Crippen molar-refractivity contribution in [2.24, 2.45) is 0 Å². The first kappa shape index (κ1) is 16.2. The van der Waals surface area contributed by atoms with Crippen molar-refractivity contribution in [2.75, 3.05) is 13.1 Å². The van der Waals surface area contributed by atoms with Gasteiger partial charge in [0.1, 0.15) is 0 Å². The van der Waals surface area contributed by atoms with Crippen molar-refractivity contribution in [3.05, 3.63) is 35.4 Å². The van der Waals surface area contributed by atoms with Gasteiger partial charge < -0.3 is 10.6 Å². The molecule has 0 bridgehead atoms. The summed E-state index contributed by atoms with van der Waals surface area (Å²) in [4.78, 5) is 22.3. The molecular formula is C16H24N2O2. The molecule has 0 saturated heterocycles. The fourth-order valence-corrected chi connectivity index (χ4v) is 2.00. The topological polar surface area (TPSA) is 58.2 Å². The molecule has 0 aliphatic rings. The van der Waals surface area contributed by atoms with Crippen molar-refractivity contribution >= 4 is 11.8 Å². The van der Waals surface area contributed by atoms with Gasteiger partial charge in [-0.15, -0.1) is 0 Å². The summed E-state index contributed by atoms with van der Waals surface area (Å²) in [6.45, 7) is 4.81. The SMILES string of the molecule is CC(=O)NCCCNC(=O)CCCc1ccccc1C. The van der Waals surface area contributed by atoms with Crippen molar-refractivity contribution in [1.82, 2.24) is 10.6 Å². The zero-order valence-electron chi connectivity index (χ0n) is 12.4. The van der Waals surface area contributed by atoms with E-state index in [1.807, 2.05) is 12.1 Å². The molecule has 0 aromatic heterocycles. The minimum Gasteiger partial charge on any atom is -0.356 e. The zero-order valence-corrected chi connectivity index (χ0v) is 12.4. The predicted molar refractivity (Wildman–Crippen MR) is 80.4 cm³/mol. The Morgan fingerprint density at radius 2 is 1.75 bits per heavy atom. The lowest BCUT2D eigenvalue weighted by atomic mass is 10.0. The molecule has 0 saturated carbocycles. The lowest BCUT2D eigenvalue weighted by molar-refractivity contribution is -0.121. The minimum absolute atomic E-state index is 0.0328. The van der Waals surface area contributed by atoms with Crippen LogP contribution in [0.5, 0.6) is 0 Å². The fourth-order valence-electron chi connectivity index (χ4n) is 2.00. The van der Waals surface area contributed by atoms with E-state index in [-0.39, 0.29) is 11.8 Å². The van der Waals surface area contributed by atoms with Crippen LogP contribution in [0.3, 0.4) is 0 Å². The summed E-state index contributed by atoms with van der Waals surface area (Å²) in [6.07, 6.45) is 3.12. The summed E-state index contributed by atoms with van der Waals surface area (Å²) in [5, 5.41) is 5.57. The largest absolute Gasteiger partial charge is 0.356 e. The number of benzene rings is 1. The third kappa shape index (κ3) is 6.92. The molecule has 0 fully saturated rings. The maximum Gasteiger partial charge on any atom is 0.220 e. The average Bonchev–Trinajstić information content (AvgIpc) is 2.40. The van der Waals surface area contributed by atoms with Gasteiger partial charge in [-0.1, -0.05) is 24.3 Å². The number of rotatable bonds is 8. The first-order valence-corrected chi connectivity index (χ1v) is 7.15. The first-order valence-electron chi connectivity index (χ1n) is 7.15. The Kier molecular flexibility index (Phi) is 7.40. The van der Waals surface area contributed by atoms with Crippen LogP contribution in [0.4, 0.5) is 0 Å². The Morgan fingerprint density at radius 3 is 2.45 bits per heavy atom. The standard InChI is InChI=1S/C16H24N2O2/c1-13-7-3-4-8-15(13)9-5-10-16(20)18-12-6-11-17-14(2)19/h3-4,7-8H,5-6,9-12H2,1-2H3,(H,17,19)(H,18,20). The van der Waals surface area contributed by atoms with Gasteiger partial charge in [0.05, 0.1) is 0 Å². The van der Waals surface area contributed by atoms with Crippen molar-refractivity contribution in [3.8, 4) is 0 Å². The Bertz CT molecular complexity index is 444. The molecule has 0 aliphatic carbocycles. The molecule has 1 aromatic rings. The van der Waals surface area contributed by atoms with Gasteiger partial charge in [0.15, 0.2) is 0 Å². The molecule has 0 atom stereocenters. The summed E-state index contributed by atoms with van der Waals surface area (Å²) in [6, 6.07) is 8.27. The fraction of sp³-hybridized carbons (Fsp3) is 0.500. The minimum atomic E-state index is -0.0328. The Balaban J connectivity index is 2.09. The Labute approximate surface area is 121 Å². The first-order chi connectivity index (χ1) is 9.59. The lowest BCUT2D eigenvalue weighted by Crippen LogP contribution is -2.28. The van der Waals surface area contributed by atoms with Crippen LogP contribution in [0.25, 0.3) is 0 Å². The Hall–Kier alpha value is -1.84. The van der Waals surface area contributed by atoms with Gasteiger partial charge in [-0.2, -0.15) is 0 Å². The second-order valence-electron chi connectivity index (χ2n) is 4.97. The van der Waals surface area contributed by atoms with Gasteiger partial charge in [-0.25, -0.2) is 0 Å². The average molecular weight is 276 g/mol. The molecule has 20 heavy (non-hydrogen) atoms. The summed E-state index contributed by atoms with van der Waals surface area (Å²) >= 11 is 0. The van der Waals surface area contributed by atoms with E-state index in [0.29, 0.717) is 19.5 Å². The highest BCUT2D eigenvalue weighted by Crippen LogP contribution is 2.10. The predicted octanol–water partition coefficient (Wildman–Crippen LogP) is 1.96. The highest BCUT2D eigenvalue weighted by Gasteiger charge is 2.02. The van der Waals surface area contributed by atoms with Crippen LogP contribution in [0.1, 0.15) is 37.3 Å². The number of carbonyl (C=O) groups excluding carboxylic acids is 2. The number of carbonyl (C=O) groups is 2. The van der Waals surface area contributed by atoms with E-state index in [9.17, 15) is 9.59 Å². The van der Waals surface area contributed by atoms with Crippen LogP contribution in [0.2, 0.25) is 0 Å². The molecule has 0 heterocycles. The molecule has 110 valence electrons. The summed E-state index contributed by atoms with van der Waals surface area (Å²) in [5.74, 6) is 0.0518. The highest BCUT2D eigenvalue weighted by atomic mass is 16.2. The normalized spacial score (nSPS) is 10.1. The maximum atomic E-state index is 11.6. The van der Waals surface area contributed by atoms with Crippen LogP contribution in [0.15, 0.2) is 24.3 Å². The number of amides is 2.